The predicted octanol–water partition coefficient (Wildman–Crippen LogP) is 2.79. The zero-order valence-corrected chi connectivity index (χ0v) is 15.0. The second-order valence-corrected chi connectivity index (χ2v) is 6.22. The van der Waals surface area contributed by atoms with Crippen LogP contribution in [0.25, 0.3) is 0 Å². The molecule has 0 fully saturated rings. The Bertz CT molecular complexity index is 792. The molecule has 134 valence electrons. The summed E-state index contributed by atoms with van der Waals surface area (Å²) in [6.07, 6.45) is 1.49. The molecule has 6 nitrogen and oxygen atoms in total. The van der Waals surface area contributed by atoms with E-state index in [-0.39, 0.29) is 11.9 Å². The average Bonchev–Trinajstić information content (AvgIpc) is 3.08. The zero-order valence-electron chi connectivity index (χ0n) is 15.0. The number of rotatable bonds is 6. The van der Waals surface area contributed by atoms with Crippen LogP contribution in [0.3, 0.4) is 0 Å². The normalized spacial score (nSPS) is 10.7. The van der Waals surface area contributed by atoms with Crippen molar-refractivity contribution in [3.63, 3.8) is 0 Å². The zero-order chi connectivity index (χ0) is 18.4. The van der Waals surface area contributed by atoms with Gasteiger partial charge in [0, 0.05) is 26.6 Å². The first-order valence-corrected chi connectivity index (χ1v) is 8.57. The van der Waals surface area contributed by atoms with Crippen LogP contribution in [0, 0.1) is 0 Å². The molecular formula is C20H23N5O. The van der Waals surface area contributed by atoms with Crippen LogP contribution < -0.4 is 5.32 Å². The summed E-state index contributed by atoms with van der Waals surface area (Å²) in [5.41, 5.74) is 2.35. The summed E-state index contributed by atoms with van der Waals surface area (Å²) in [5.74, 6) is 0.842. The van der Waals surface area contributed by atoms with Gasteiger partial charge in [-0.05, 0) is 11.1 Å². The summed E-state index contributed by atoms with van der Waals surface area (Å²) >= 11 is 0. The molecule has 1 heterocycles. The van der Waals surface area contributed by atoms with Crippen LogP contribution >= 0.6 is 0 Å². The van der Waals surface area contributed by atoms with E-state index in [1.807, 2.05) is 43.4 Å². The minimum atomic E-state index is -0.134. The fourth-order valence-corrected chi connectivity index (χ4v) is 2.87. The van der Waals surface area contributed by atoms with Crippen molar-refractivity contribution in [1.29, 1.82) is 0 Å². The van der Waals surface area contributed by atoms with E-state index in [9.17, 15) is 4.79 Å². The highest BCUT2D eigenvalue weighted by molar-refractivity contribution is 5.73. The Kier molecular flexibility index (Phi) is 5.63. The fourth-order valence-electron chi connectivity index (χ4n) is 2.87. The van der Waals surface area contributed by atoms with Gasteiger partial charge >= 0.3 is 6.03 Å². The van der Waals surface area contributed by atoms with Gasteiger partial charge in [0.25, 0.3) is 0 Å². The minimum Gasteiger partial charge on any atom is -0.337 e. The third-order valence-corrected chi connectivity index (χ3v) is 4.39. The van der Waals surface area contributed by atoms with E-state index in [1.54, 1.807) is 16.6 Å². The molecule has 0 unspecified atom stereocenters. The maximum atomic E-state index is 12.5. The topological polar surface area (TPSA) is 63.1 Å². The summed E-state index contributed by atoms with van der Waals surface area (Å²) < 4.78 is 1.67. The van der Waals surface area contributed by atoms with Crippen LogP contribution in [-0.4, -0.2) is 39.3 Å². The van der Waals surface area contributed by atoms with E-state index in [0.29, 0.717) is 13.1 Å². The number of amides is 2. The highest BCUT2D eigenvalue weighted by atomic mass is 16.2. The van der Waals surface area contributed by atoms with Crippen molar-refractivity contribution >= 4 is 6.03 Å². The van der Waals surface area contributed by atoms with Gasteiger partial charge in [-0.2, -0.15) is 5.10 Å². The van der Waals surface area contributed by atoms with Crippen LogP contribution in [0.15, 0.2) is 67.0 Å². The third-order valence-electron chi connectivity index (χ3n) is 4.39. The number of aryl methyl sites for hydroxylation is 1. The number of aromatic nitrogens is 3. The minimum absolute atomic E-state index is 0.101. The predicted molar refractivity (Wildman–Crippen MR) is 101 cm³/mol. The number of carbonyl (C=O) groups excluding carboxylic acids is 1. The molecule has 0 bridgehead atoms. The van der Waals surface area contributed by atoms with Crippen LogP contribution in [0.1, 0.15) is 22.9 Å². The van der Waals surface area contributed by atoms with E-state index >= 15 is 0 Å². The Balaban J connectivity index is 1.68. The van der Waals surface area contributed by atoms with Gasteiger partial charge in [-0.1, -0.05) is 60.7 Å². The molecule has 3 rings (SSSR count). The highest BCUT2D eigenvalue weighted by Crippen LogP contribution is 2.23. The van der Waals surface area contributed by atoms with Crippen molar-refractivity contribution in [2.24, 2.45) is 7.05 Å². The lowest BCUT2D eigenvalue weighted by atomic mass is 9.91. The summed E-state index contributed by atoms with van der Waals surface area (Å²) in [7, 11) is 3.57. The van der Waals surface area contributed by atoms with Gasteiger partial charge < -0.3 is 10.2 Å². The van der Waals surface area contributed by atoms with Crippen molar-refractivity contribution in [1.82, 2.24) is 25.0 Å². The van der Waals surface area contributed by atoms with Crippen molar-refractivity contribution < 1.29 is 4.79 Å². The average molecular weight is 349 g/mol. The molecule has 0 atom stereocenters. The second kappa shape index (κ2) is 8.29. The van der Waals surface area contributed by atoms with E-state index in [0.717, 1.165) is 5.82 Å². The van der Waals surface area contributed by atoms with Gasteiger partial charge in [0.15, 0.2) is 0 Å². The molecule has 0 aliphatic rings. The van der Waals surface area contributed by atoms with Crippen molar-refractivity contribution in [3.8, 4) is 0 Å². The lowest BCUT2D eigenvalue weighted by Gasteiger charge is -2.22. The molecule has 0 spiro atoms. The fraction of sp³-hybridized carbons (Fsp3) is 0.250. The molecule has 2 amide bonds. The Hall–Kier alpha value is -3.15. The van der Waals surface area contributed by atoms with Gasteiger partial charge in [-0.25, -0.2) is 9.78 Å². The molecule has 0 aliphatic carbocycles. The first-order chi connectivity index (χ1) is 12.6. The molecule has 3 aromatic rings. The van der Waals surface area contributed by atoms with Gasteiger partial charge in [-0.3, -0.25) is 4.68 Å². The first kappa shape index (κ1) is 17.7. The maximum Gasteiger partial charge on any atom is 0.317 e. The van der Waals surface area contributed by atoms with Crippen LogP contribution in [0.5, 0.6) is 0 Å². The quantitative estimate of drug-likeness (QED) is 0.744. The van der Waals surface area contributed by atoms with E-state index in [1.165, 1.54) is 17.5 Å². The van der Waals surface area contributed by atoms with Gasteiger partial charge in [-0.15, -0.1) is 0 Å². The molecule has 2 aromatic carbocycles. The summed E-state index contributed by atoms with van der Waals surface area (Å²) in [4.78, 5) is 18.3. The Morgan fingerprint density at radius 1 is 1.08 bits per heavy atom. The van der Waals surface area contributed by atoms with E-state index < -0.39 is 0 Å². The molecular weight excluding hydrogens is 326 g/mol. The molecule has 0 radical (unpaired) electrons. The van der Waals surface area contributed by atoms with Crippen molar-refractivity contribution in [2.75, 3.05) is 13.6 Å². The van der Waals surface area contributed by atoms with E-state index in [2.05, 4.69) is 39.7 Å². The summed E-state index contributed by atoms with van der Waals surface area (Å²) in [6.45, 7) is 0.930. The highest BCUT2D eigenvalue weighted by Gasteiger charge is 2.17. The molecule has 0 aliphatic heterocycles. The summed E-state index contributed by atoms with van der Waals surface area (Å²) in [6, 6.07) is 20.3. The van der Waals surface area contributed by atoms with Crippen molar-refractivity contribution in [3.05, 3.63) is 83.9 Å². The number of hydrogen-bond acceptors (Lipinski definition) is 3. The molecule has 6 heteroatoms. The Morgan fingerprint density at radius 2 is 1.65 bits per heavy atom. The van der Waals surface area contributed by atoms with Gasteiger partial charge in [0.1, 0.15) is 12.2 Å². The number of benzene rings is 2. The lowest BCUT2D eigenvalue weighted by molar-refractivity contribution is 0.205. The number of nitrogens with zero attached hydrogens (tertiary/aromatic N) is 4. The Labute approximate surface area is 153 Å². The van der Waals surface area contributed by atoms with Gasteiger partial charge in [0.2, 0.25) is 0 Å². The summed E-state index contributed by atoms with van der Waals surface area (Å²) in [5, 5.41) is 7.07. The van der Waals surface area contributed by atoms with Crippen molar-refractivity contribution in [2.45, 2.75) is 12.5 Å². The largest absolute Gasteiger partial charge is 0.337 e. The standard InChI is InChI=1S/C20H23N5O/c1-24(14-19-22-15-23-25(19)2)20(26)21-13-18(16-9-5-3-6-10-16)17-11-7-4-8-12-17/h3-12,15,18H,13-14H2,1-2H3,(H,21,26). The molecule has 0 saturated carbocycles. The smallest absolute Gasteiger partial charge is 0.317 e. The SMILES string of the molecule is CN(Cc1ncnn1C)C(=O)NCC(c1ccccc1)c1ccccc1. The van der Waals surface area contributed by atoms with Crippen LogP contribution in [0.2, 0.25) is 0 Å². The number of carbonyl (C=O) groups is 1. The maximum absolute atomic E-state index is 12.5. The van der Waals surface area contributed by atoms with Crippen LogP contribution in [-0.2, 0) is 13.6 Å². The molecule has 26 heavy (non-hydrogen) atoms. The lowest BCUT2D eigenvalue weighted by Crippen LogP contribution is -2.39. The molecule has 0 saturated heterocycles. The van der Waals surface area contributed by atoms with E-state index in [4.69, 9.17) is 0 Å². The molecule has 1 N–H and O–H groups in total. The van der Waals surface area contributed by atoms with Gasteiger partial charge in [0.05, 0.1) is 6.54 Å². The second-order valence-electron chi connectivity index (χ2n) is 6.22. The number of urea groups is 1. The number of hydrogen-bond donors (Lipinski definition) is 1. The Morgan fingerprint density at radius 3 is 2.15 bits per heavy atom. The van der Waals surface area contributed by atoms with Crippen LogP contribution in [0.4, 0.5) is 4.79 Å². The number of nitrogens with one attached hydrogen (secondary N) is 1. The monoisotopic (exact) mass is 349 g/mol. The first-order valence-electron chi connectivity index (χ1n) is 8.57. The molecule has 1 aromatic heterocycles. The third kappa shape index (κ3) is 4.27.